The number of barbiturate groups is 1. The van der Waals surface area contributed by atoms with E-state index in [-0.39, 0.29) is 22.8 Å². The lowest BCUT2D eigenvalue weighted by Crippen LogP contribution is -2.54. The minimum absolute atomic E-state index is 0.0717. The van der Waals surface area contributed by atoms with Gasteiger partial charge >= 0.3 is 12.2 Å². The molecule has 35 heavy (non-hydrogen) atoms. The van der Waals surface area contributed by atoms with E-state index in [1.54, 1.807) is 6.07 Å². The van der Waals surface area contributed by atoms with Gasteiger partial charge in [0, 0.05) is 23.6 Å². The van der Waals surface area contributed by atoms with Gasteiger partial charge in [0.2, 0.25) is 0 Å². The second-order valence-corrected chi connectivity index (χ2v) is 7.35. The molecule has 11 heteroatoms. The molecule has 0 radical (unpaired) electrons. The fraction of sp³-hybridized carbons (Fsp3) is 0.125. The number of benzene rings is 2. The highest BCUT2D eigenvalue weighted by Gasteiger charge is 2.38. The highest BCUT2D eigenvalue weighted by Crippen LogP contribution is 2.35. The molecule has 0 bridgehead atoms. The van der Waals surface area contributed by atoms with Crippen molar-refractivity contribution in [3.05, 3.63) is 77.6 Å². The van der Waals surface area contributed by atoms with E-state index in [2.05, 4.69) is 5.32 Å². The quantitative estimate of drug-likeness (QED) is 0.433. The number of carbonyl (C=O) groups excluding carboxylic acids is 3. The van der Waals surface area contributed by atoms with Crippen molar-refractivity contribution in [2.75, 3.05) is 19.1 Å². The van der Waals surface area contributed by atoms with Crippen molar-refractivity contribution >= 4 is 29.6 Å². The van der Waals surface area contributed by atoms with Crippen molar-refractivity contribution in [2.45, 2.75) is 6.18 Å². The van der Waals surface area contributed by atoms with Crippen LogP contribution < -0.4 is 19.7 Å². The third-order valence-corrected chi connectivity index (χ3v) is 5.25. The van der Waals surface area contributed by atoms with Crippen LogP contribution in [-0.4, -0.2) is 36.6 Å². The standard InChI is InChI=1S/C24H18F3N3O5/c1-34-17-8-9-19(20(13-17)35-2)30-22(32)18(21(31)28-23(30)33)12-16-7-4-10-29(16)15-6-3-5-14(11-15)24(25,26)27/h3-13H,1-2H3,(H,28,31,33)/b18-12+. The van der Waals surface area contributed by atoms with Gasteiger partial charge in [-0.15, -0.1) is 0 Å². The number of halogens is 3. The molecule has 4 rings (SSSR count). The average Bonchev–Trinajstić information content (AvgIpc) is 3.29. The molecule has 3 aromatic rings. The van der Waals surface area contributed by atoms with Crippen LogP contribution in [0.4, 0.5) is 23.7 Å². The second kappa shape index (κ2) is 9.01. The first-order valence-electron chi connectivity index (χ1n) is 10.1. The van der Waals surface area contributed by atoms with Crippen molar-refractivity contribution in [2.24, 2.45) is 0 Å². The zero-order chi connectivity index (χ0) is 25.3. The second-order valence-electron chi connectivity index (χ2n) is 7.35. The molecule has 1 aromatic heterocycles. The summed E-state index contributed by atoms with van der Waals surface area (Å²) in [6, 6.07) is 11.1. The Morgan fingerprint density at radius 3 is 2.40 bits per heavy atom. The third-order valence-electron chi connectivity index (χ3n) is 5.25. The predicted octanol–water partition coefficient (Wildman–Crippen LogP) is 4.18. The van der Waals surface area contributed by atoms with Crippen molar-refractivity contribution in [3.8, 4) is 17.2 Å². The van der Waals surface area contributed by atoms with Crippen LogP contribution in [0.5, 0.6) is 11.5 Å². The third kappa shape index (κ3) is 4.47. The van der Waals surface area contributed by atoms with E-state index in [0.29, 0.717) is 5.75 Å². The average molecular weight is 485 g/mol. The van der Waals surface area contributed by atoms with Crippen molar-refractivity contribution in [3.63, 3.8) is 0 Å². The topological polar surface area (TPSA) is 89.9 Å². The minimum atomic E-state index is -4.54. The van der Waals surface area contributed by atoms with Gasteiger partial charge in [-0.2, -0.15) is 13.2 Å². The molecule has 0 aliphatic carbocycles. The van der Waals surface area contributed by atoms with E-state index in [0.717, 1.165) is 17.0 Å². The summed E-state index contributed by atoms with van der Waals surface area (Å²) >= 11 is 0. The van der Waals surface area contributed by atoms with E-state index in [9.17, 15) is 27.6 Å². The maximum absolute atomic E-state index is 13.3. The molecule has 2 aromatic carbocycles. The lowest BCUT2D eigenvalue weighted by Gasteiger charge is -2.27. The van der Waals surface area contributed by atoms with Crippen LogP contribution in [0.1, 0.15) is 11.3 Å². The first-order chi connectivity index (χ1) is 16.6. The van der Waals surface area contributed by atoms with E-state index in [1.807, 2.05) is 0 Å². The molecule has 180 valence electrons. The zero-order valence-corrected chi connectivity index (χ0v) is 18.4. The first kappa shape index (κ1) is 23.6. The smallest absolute Gasteiger partial charge is 0.416 e. The lowest BCUT2D eigenvalue weighted by atomic mass is 10.1. The number of aromatic nitrogens is 1. The molecular formula is C24H18F3N3O5. The molecule has 2 heterocycles. The number of carbonyl (C=O) groups is 3. The fourth-order valence-electron chi connectivity index (χ4n) is 3.57. The SMILES string of the molecule is COc1ccc(N2C(=O)NC(=O)/C(=C\c3cccn3-c3cccc(C(F)(F)F)c3)C2=O)c(OC)c1. The van der Waals surface area contributed by atoms with E-state index in [1.165, 1.54) is 67.5 Å². The lowest BCUT2D eigenvalue weighted by molar-refractivity contribution is -0.137. The Labute approximate surface area is 197 Å². The summed E-state index contributed by atoms with van der Waals surface area (Å²) in [5, 5.41) is 2.10. The summed E-state index contributed by atoms with van der Waals surface area (Å²) in [5.41, 5.74) is -0.752. The molecule has 0 atom stereocenters. The number of rotatable bonds is 5. The van der Waals surface area contributed by atoms with Gasteiger partial charge in [0.05, 0.1) is 25.5 Å². The Bertz CT molecular complexity index is 1360. The van der Waals surface area contributed by atoms with E-state index >= 15 is 0 Å². The van der Waals surface area contributed by atoms with Crippen LogP contribution in [-0.2, 0) is 15.8 Å². The number of alkyl halides is 3. The van der Waals surface area contributed by atoms with Crippen molar-refractivity contribution in [1.29, 1.82) is 0 Å². The molecule has 1 N–H and O–H groups in total. The maximum Gasteiger partial charge on any atom is 0.416 e. The normalized spacial score (nSPS) is 15.4. The molecule has 1 saturated heterocycles. The van der Waals surface area contributed by atoms with Gasteiger partial charge in [-0.05, 0) is 48.5 Å². The van der Waals surface area contributed by atoms with Gasteiger partial charge in [-0.25, -0.2) is 9.69 Å². The number of imide groups is 2. The number of methoxy groups -OCH3 is 2. The first-order valence-corrected chi connectivity index (χ1v) is 10.1. The number of hydrogen-bond acceptors (Lipinski definition) is 5. The number of ether oxygens (including phenoxy) is 2. The number of anilines is 1. The minimum Gasteiger partial charge on any atom is -0.497 e. The maximum atomic E-state index is 13.3. The van der Waals surface area contributed by atoms with Crippen LogP contribution >= 0.6 is 0 Å². The molecule has 1 fully saturated rings. The largest absolute Gasteiger partial charge is 0.497 e. The molecule has 1 aliphatic heterocycles. The summed E-state index contributed by atoms with van der Waals surface area (Å²) in [7, 11) is 2.78. The number of nitrogens with one attached hydrogen (secondary N) is 1. The summed E-state index contributed by atoms with van der Waals surface area (Å²) in [6.07, 6.45) is -1.85. The molecule has 1 aliphatic rings. The highest BCUT2D eigenvalue weighted by molar-refractivity contribution is 6.39. The molecule has 4 amide bonds. The molecule has 8 nitrogen and oxygen atoms in total. The van der Waals surface area contributed by atoms with Gasteiger partial charge in [-0.3, -0.25) is 14.9 Å². The van der Waals surface area contributed by atoms with Gasteiger partial charge < -0.3 is 14.0 Å². The number of nitrogens with zero attached hydrogens (tertiary/aromatic N) is 2. The molecule has 0 saturated carbocycles. The summed E-state index contributed by atoms with van der Waals surface area (Å²) in [4.78, 5) is 39.1. The van der Waals surface area contributed by atoms with Gasteiger partial charge in [0.1, 0.15) is 17.1 Å². The van der Waals surface area contributed by atoms with Crippen molar-refractivity contribution in [1.82, 2.24) is 9.88 Å². The Balaban J connectivity index is 1.76. The van der Waals surface area contributed by atoms with Crippen LogP contribution in [0.3, 0.4) is 0 Å². The zero-order valence-electron chi connectivity index (χ0n) is 18.4. The van der Waals surface area contributed by atoms with Gasteiger partial charge in [0.25, 0.3) is 11.8 Å². The van der Waals surface area contributed by atoms with E-state index in [4.69, 9.17) is 9.47 Å². The number of hydrogen-bond donors (Lipinski definition) is 1. The van der Waals surface area contributed by atoms with Crippen LogP contribution in [0.15, 0.2) is 66.4 Å². The monoisotopic (exact) mass is 485 g/mol. The Morgan fingerprint density at radius 2 is 1.71 bits per heavy atom. The summed E-state index contributed by atoms with van der Waals surface area (Å²) < 4.78 is 51.3. The van der Waals surface area contributed by atoms with Gasteiger partial charge in [-0.1, -0.05) is 6.07 Å². The van der Waals surface area contributed by atoms with Crippen LogP contribution in [0.2, 0.25) is 0 Å². The molecule has 0 spiro atoms. The Morgan fingerprint density at radius 1 is 0.943 bits per heavy atom. The van der Waals surface area contributed by atoms with Crippen LogP contribution in [0.25, 0.3) is 11.8 Å². The Hall–Kier alpha value is -4.54. The fourth-order valence-corrected chi connectivity index (χ4v) is 3.57. The highest BCUT2D eigenvalue weighted by atomic mass is 19.4. The number of urea groups is 1. The summed E-state index contributed by atoms with van der Waals surface area (Å²) in [6.45, 7) is 0. The van der Waals surface area contributed by atoms with Crippen molar-refractivity contribution < 1.29 is 37.0 Å². The molecular weight excluding hydrogens is 467 g/mol. The molecule has 0 unspecified atom stereocenters. The van der Waals surface area contributed by atoms with E-state index < -0.39 is 35.2 Å². The number of amides is 4. The van der Waals surface area contributed by atoms with Gasteiger partial charge in [0.15, 0.2) is 0 Å². The predicted molar refractivity (Wildman–Crippen MR) is 119 cm³/mol. The Kier molecular flexibility index (Phi) is 6.08. The summed E-state index contributed by atoms with van der Waals surface area (Å²) in [5.74, 6) is -1.31. The van der Waals surface area contributed by atoms with Crippen LogP contribution in [0, 0.1) is 0 Å².